The van der Waals surface area contributed by atoms with Crippen molar-refractivity contribution in [2.45, 2.75) is 30.3 Å². The highest BCUT2D eigenvalue weighted by Gasteiger charge is 2.34. The molecule has 0 radical (unpaired) electrons. The van der Waals surface area contributed by atoms with Gasteiger partial charge in [-0.2, -0.15) is 0 Å². The van der Waals surface area contributed by atoms with Crippen molar-refractivity contribution in [3.05, 3.63) is 53.9 Å². The van der Waals surface area contributed by atoms with Crippen LogP contribution in [0.15, 0.2) is 47.9 Å². The number of likely N-dealkylation sites (tertiary alicyclic amines) is 1. The monoisotopic (exact) mass is 327 g/mol. The van der Waals surface area contributed by atoms with E-state index in [0.717, 1.165) is 25.9 Å². The van der Waals surface area contributed by atoms with Crippen molar-refractivity contribution in [1.29, 1.82) is 0 Å². The fourth-order valence-electron chi connectivity index (χ4n) is 3.20. The molecule has 1 saturated heterocycles. The molecular formula is C18H21N3OS. The third-order valence-corrected chi connectivity index (χ3v) is 5.09. The predicted octanol–water partition coefficient (Wildman–Crippen LogP) is 3.39. The van der Waals surface area contributed by atoms with Gasteiger partial charge in [-0.15, -0.1) is 0 Å². The number of piperidine rings is 1. The third-order valence-electron chi connectivity index (χ3n) is 4.51. The lowest BCUT2D eigenvalue weighted by Gasteiger charge is -2.41. The van der Waals surface area contributed by atoms with E-state index in [2.05, 4.69) is 41.2 Å². The molecule has 0 saturated carbocycles. The molecule has 2 aromatic rings. The summed E-state index contributed by atoms with van der Waals surface area (Å²) in [5.41, 5.74) is 1.88. The molecule has 1 aromatic carbocycles. The van der Waals surface area contributed by atoms with Crippen LogP contribution in [0.4, 0.5) is 0 Å². The maximum atomic E-state index is 12.8. The van der Waals surface area contributed by atoms with Gasteiger partial charge in [0.2, 0.25) is 0 Å². The molecule has 0 bridgehead atoms. The van der Waals surface area contributed by atoms with Gasteiger partial charge in [-0.25, -0.2) is 9.97 Å². The van der Waals surface area contributed by atoms with Crippen LogP contribution in [-0.4, -0.2) is 40.1 Å². The molecule has 3 rings (SSSR count). The fraction of sp³-hybridized carbons (Fsp3) is 0.389. The summed E-state index contributed by atoms with van der Waals surface area (Å²) in [6.45, 7) is 3.78. The first-order valence-corrected chi connectivity index (χ1v) is 9.06. The van der Waals surface area contributed by atoms with E-state index < -0.39 is 0 Å². The van der Waals surface area contributed by atoms with Crippen LogP contribution in [0.3, 0.4) is 0 Å². The van der Waals surface area contributed by atoms with E-state index >= 15 is 0 Å². The van der Waals surface area contributed by atoms with Gasteiger partial charge in [-0.05, 0) is 24.7 Å². The number of rotatable bonds is 3. The summed E-state index contributed by atoms with van der Waals surface area (Å²) in [4.78, 5) is 23.1. The quantitative estimate of drug-likeness (QED) is 0.640. The summed E-state index contributed by atoms with van der Waals surface area (Å²) in [5.74, 6) is 0.0273. The Labute approximate surface area is 141 Å². The summed E-state index contributed by atoms with van der Waals surface area (Å²) in [5, 5.41) is 0.689. The number of amides is 1. The Bertz CT molecular complexity index is 674. The maximum absolute atomic E-state index is 12.8. The number of nitrogens with zero attached hydrogens (tertiary/aromatic N) is 3. The van der Waals surface area contributed by atoms with Crippen LogP contribution in [0.1, 0.15) is 35.7 Å². The van der Waals surface area contributed by atoms with Crippen molar-refractivity contribution in [2.75, 3.05) is 19.3 Å². The number of hydrogen-bond acceptors (Lipinski definition) is 4. The Morgan fingerprint density at radius 2 is 1.91 bits per heavy atom. The molecule has 0 unspecified atom stereocenters. The topological polar surface area (TPSA) is 46.1 Å². The Hall–Kier alpha value is -1.88. The molecule has 0 aliphatic carbocycles. The Kier molecular flexibility index (Phi) is 4.66. The lowest BCUT2D eigenvalue weighted by Crippen LogP contribution is -2.47. The normalized spacial score (nSPS) is 21.2. The minimum Gasteiger partial charge on any atom is -0.338 e. The number of carbonyl (C=O) groups is 1. The molecule has 23 heavy (non-hydrogen) atoms. The first-order chi connectivity index (χ1) is 11.1. The molecule has 1 aliphatic heterocycles. The molecule has 1 atom stereocenters. The highest BCUT2D eigenvalue weighted by Crippen LogP contribution is 2.34. The molecule has 2 heterocycles. The number of aromatic nitrogens is 2. The number of benzene rings is 1. The molecular weight excluding hydrogens is 306 g/mol. The van der Waals surface area contributed by atoms with E-state index in [0.29, 0.717) is 10.7 Å². The van der Waals surface area contributed by atoms with Gasteiger partial charge in [0.25, 0.3) is 5.91 Å². The van der Waals surface area contributed by atoms with Crippen LogP contribution < -0.4 is 0 Å². The van der Waals surface area contributed by atoms with Crippen LogP contribution >= 0.6 is 11.8 Å². The van der Waals surface area contributed by atoms with E-state index in [9.17, 15) is 4.79 Å². The molecule has 5 heteroatoms. The summed E-state index contributed by atoms with van der Waals surface area (Å²) in [6.07, 6.45) is 7.31. The van der Waals surface area contributed by atoms with Crippen LogP contribution in [0, 0.1) is 0 Å². The summed E-state index contributed by atoms with van der Waals surface area (Å²) in [7, 11) is 0. The summed E-state index contributed by atoms with van der Waals surface area (Å²) in [6, 6.07) is 10.5. The van der Waals surface area contributed by atoms with Crippen molar-refractivity contribution < 1.29 is 4.79 Å². The van der Waals surface area contributed by atoms with E-state index in [4.69, 9.17) is 0 Å². The summed E-state index contributed by atoms with van der Waals surface area (Å²) < 4.78 is 0. The highest BCUT2D eigenvalue weighted by atomic mass is 32.2. The highest BCUT2D eigenvalue weighted by molar-refractivity contribution is 7.98. The largest absolute Gasteiger partial charge is 0.338 e. The van der Waals surface area contributed by atoms with Gasteiger partial charge < -0.3 is 4.90 Å². The summed E-state index contributed by atoms with van der Waals surface area (Å²) >= 11 is 1.47. The van der Waals surface area contributed by atoms with E-state index in [1.54, 1.807) is 12.4 Å². The Morgan fingerprint density at radius 1 is 1.22 bits per heavy atom. The number of carbonyl (C=O) groups excluding carboxylic acids is 1. The standard InChI is InChI=1S/C18H21N3OS/c1-18(15-7-4-3-5-8-15)9-6-10-21(13-18)16(22)14-11-19-17(23-2)20-12-14/h3-5,7-8,11-12H,6,9-10,13H2,1-2H3/t18-/m1/s1. The van der Waals surface area contributed by atoms with Crippen molar-refractivity contribution in [1.82, 2.24) is 14.9 Å². The van der Waals surface area contributed by atoms with Crippen LogP contribution in [0.25, 0.3) is 0 Å². The maximum Gasteiger partial charge on any atom is 0.257 e. The second-order valence-electron chi connectivity index (χ2n) is 6.22. The van der Waals surface area contributed by atoms with Crippen LogP contribution in [0.5, 0.6) is 0 Å². The van der Waals surface area contributed by atoms with Crippen molar-refractivity contribution in [2.24, 2.45) is 0 Å². The molecule has 0 spiro atoms. The van der Waals surface area contributed by atoms with Gasteiger partial charge in [0, 0.05) is 30.9 Å². The molecule has 1 amide bonds. The molecule has 1 aromatic heterocycles. The zero-order chi connectivity index (χ0) is 16.3. The van der Waals surface area contributed by atoms with E-state index in [1.165, 1.54) is 17.3 Å². The Balaban J connectivity index is 1.79. The zero-order valence-electron chi connectivity index (χ0n) is 13.5. The van der Waals surface area contributed by atoms with Gasteiger partial charge in [-0.3, -0.25) is 4.79 Å². The number of hydrogen-bond donors (Lipinski definition) is 0. The van der Waals surface area contributed by atoms with Gasteiger partial charge in [0.05, 0.1) is 5.56 Å². The van der Waals surface area contributed by atoms with E-state index in [-0.39, 0.29) is 11.3 Å². The smallest absolute Gasteiger partial charge is 0.257 e. The molecule has 0 N–H and O–H groups in total. The van der Waals surface area contributed by atoms with Gasteiger partial charge in [0.1, 0.15) is 0 Å². The van der Waals surface area contributed by atoms with Crippen molar-refractivity contribution >= 4 is 17.7 Å². The van der Waals surface area contributed by atoms with Crippen molar-refractivity contribution in [3.8, 4) is 0 Å². The average molecular weight is 327 g/mol. The second kappa shape index (κ2) is 6.71. The van der Waals surface area contributed by atoms with E-state index in [1.807, 2.05) is 17.2 Å². The molecule has 120 valence electrons. The lowest BCUT2D eigenvalue weighted by molar-refractivity contribution is 0.0650. The van der Waals surface area contributed by atoms with Crippen LogP contribution in [-0.2, 0) is 5.41 Å². The fourth-order valence-corrected chi connectivity index (χ4v) is 3.52. The first-order valence-electron chi connectivity index (χ1n) is 7.83. The van der Waals surface area contributed by atoms with Gasteiger partial charge in [0.15, 0.2) is 5.16 Å². The Morgan fingerprint density at radius 3 is 2.57 bits per heavy atom. The van der Waals surface area contributed by atoms with Crippen molar-refractivity contribution in [3.63, 3.8) is 0 Å². The van der Waals surface area contributed by atoms with Crippen LogP contribution in [0.2, 0.25) is 0 Å². The van der Waals surface area contributed by atoms with Gasteiger partial charge >= 0.3 is 0 Å². The first kappa shape index (κ1) is 16.0. The second-order valence-corrected chi connectivity index (χ2v) is 6.99. The molecule has 1 fully saturated rings. The molecule has 1 aliphatic rings. The van der Waals surface area contributed by atoms with Gasteiger partial charge in [-0.1, -0.05) is 49.0 Å². The minimum absolute atomic E-state index is 0.00916. The molecule has 4 nitrogen and oxygen atoms in total. The number of thioether (sulfide) groups is 1. The SMILES string of the molecule is CSc1ncc(C(=O)N2CCC[C@@](C)(c3ccccc3)C2)cn1. The lowest BCUT2D eigenvalue weighted by atomic mass is 9.76. The minimum atomic E-state index is 0.00916. The predicted molar refractivity (Wildman–Crippen MR) is 92.7 cm³/mol. The third kappa shape index (κ3) is 3.39. The zero-order valence-corrected chi connectivity index (χ0v) is 14.3. The average Bonchev–Trinajstić information content (AvgIpc) is 2.62.